The summed E-state index contributed by atoms with van der Waals surface area (Å²) < 4.78 is 28.3. The number of thiocarbonyl (C=S) groups is 1. The lowest BCUT2D eigenvalue weighted by molar-refractivity contribution is -0.124. The molecule has 3 heterocycles. The molecule has 1 unspecified atom stereocenters. The summed E-state index contributed by atoms with van der Waals surface area (Å²) in [7, 11) is -3.20. The largest absolute Gasteiger partial charge is 0.465 e. The van der Waals surface area contributed by atoms with Crippen LogP contribution in [0.4, 0.5) is 0 Å². The van der Waals surface area contributed by atoms with Crippen LogP contribution in [0.25, 0.3) is 6.08 Å². The molecular formula is C16H16N2O5S3. The molecule has 1 saturated heterocycles. The van der Waals surface area contributed by atoms with Gasteiger partial charge in [-0.2, -0.15) is 0 Å². The van der Waals surface area contributed by atoms with E-state index in [0.717, 1.165) is 5.41 Å². The third-order valence-corrected chi connectivity index (χ3v) is 6.53. The molecule has 2 aliphatic rings. The first kappa shape index (κ1) is 18.9. The van der Waals surface area contributed by atoms with Crippen molar-refractivity contribution in [3.05, 3.63) is 40.5 Å². The van der Waals surface area contributed by atoms with Crippen LogP contribution < -0.4 is 5.32 Å². The van der Waals surface area contributed by atoms with Gasteiger partial charge in [-0.3, -0.25) is 14.5 Å². The number of nitrogens with zero attached hydrogens (tertiary/aromatic N) is 1. The molecule has 1 N–H and O–H groups in total. The highest BCUT2D eigenvalue weighted by atomic mass is 32.2. The van der Waals surface area contributed by atoms with E-state index in [1.165, 1.54) is 29.0 Å². The van der Waals surface area contributed by atoms with Crippen LogP contribution in [0, 0.1) is 0 Å². The van der Waals surface area contributed by atoms with Gasteiger partial charge in [0.25, 0.3) is 5.91 Å². The topological polar surface area (TPSA) is 96.7 Å². The summed E-state index contributed by atoms with van der Waals surface area (Å²) in [5.41, 5.74) is 0. The molecule has 2 amide bonds. The van der Waals surface area contributed by atoms with Crippen LogP contribution in [0.15, 0.2) is 39.2 Å². The third kappa shape index (κ3) is 4.63. The number of amides is 2. The van der Waals surface area contributed by atoms with Gasteiger partial charge < -0.3 is 9.73 Å². The molecule has 0 bridgehead atoms. The number of rotatable bonds is 6. The fraction of sp³-hybridized carbons (Fsp3) is 0.312. The number of carbonyl (C=O) groups excluding carboxylic acids is 2. The molecule has 0 aromatic carbocycles. The minimum atomic E-state index is -3.20. The Morgan fingerprint density at radius 1 is 1.50 bits per heavy atom. The number of carbonyl (C=O) groups is 2. The molecule has 2 aliphatic heterocycles. The van der Waals surface area contributed by atoms with Crippen molar-refractivity contribution in [3.8, 4) is 0 Å². The van der Waals surface area contributed by atoms with E-state index in [2.05, 4.69) is 5.32 Å². The first-order valence-corrected chi connectivity index (χ1v) is 10.8. The summed E-state index contributed by atoms with van der Waals surface area (Å²) in [6, 6.07) is 2.99. The van der Waals surface area contributed by atoms with Crippen molar-refractivity contribution >= 4 is 56.0 Å². The molecule has 0 saturated carbocycles. The van der Waals surface area contributed by atoms with Crippen LogP contribution in [0.1, 0.15) is 18.6 Å². The Labute approximate surface area is 160 Å². The Morgan fingerprint density at radius 3 is 2.96 bits per heavy atom. The van der Waals surface area contributed by atoms with Gasteiger partial charge in [-0.1, -0.05) is 24.0 Å². The normalized spacial score (nSPS) is 23.2. The standard InChI is InChI=1S/C16H16N2O5S3/c19-14(17-11-5-8-26(21,22)10-11)4-1-6-18-15(20)13(25-16(18)24)9-12-3-2-7-23-12/h2-3,5,7-9,11H,1,4,6,10H2,(H,17,19). The Hall–Kier alpha value is -1.91. The van der Waals surface area contributed by atoms with Gasteiger partial charge in [-0.15, -0.1) is 0 Å². The van der Waals surface area contributed by atoms with Crippen molar-refractivity contribution in [2.45, 2.75) is 18.9 Å². The second-order valence-electron chi connectivity index (χ2n) is 5.78. The first-order chi connectivity index (χ1) is 12.3. The van der Waals surface area contributed by atoms with E-state index in [9.17, 15) is 18.0 Å². The number of nitrogens with one attached hydrogen (secondary N) is 1. The van der Waals surface area contributed by atoms with Gasteiger partial charge in [0, 0.05) is 24.4 Å². The maximum atomic E-state index is 12.4. The second kappa shape index (κ2) is 7.77. The summed E-state index contributed by atoms with van der Waals surface area (Å²) in [5.74, 6) is 0.00441. The summed E-state index contributed by atoms with van der Waals surface area (Å²) in [4.78, 5) is 26.3. The van der Waals surface area contributed by atoms with Gasteiger partial charge in [0.1, 0.15) is 10.1 Å². The van der Waals surface area contributed by atoms with E-state index in [-0.39, 0.29) is 24.0 Å². The van der Waals surface area contributed by atoms with Crippen molar-refractivity contribution in [2.24, 2.45) is 0 Å². The van der Waals surface area contributed by atoms with Crippen molar-refractivity contribution in [2.75, 3.05) is 12.3 Å². The van der Waals surface area contributed by atoms with E-state index in [1.807, 2.05) is 0 Å². The molecule has 3 rings (SSSR count). The highest BCUT2D eigenvalue weighted by molar-refractivity contribution is 8.26. The van der Waals surface area contributed by atoms with E-state index in [4.69, 9.17) is 16.6 Å². The molecule has 0 radical (unpaired) electrons. The zero-order valence-corrected chi connectivity index (χ0v) is 16.0. The molecule has 1 atom stereocenters. The molecule has 10 heteroatoms. The van der Waals surface area contributed by atoms with Crippen LogP contribution in [-0.4, -0.2) is 47.8 Å². The summed E-state index contributed by atoms with van der Waals surface area (Å²) in [6.07, 6.45) is 5.23. The van der Waals surface area contributed by atoms with Gasteiger partial charge in [0.2, 0.25) is 5.91 Å². The second-order valence-corrected chi connectivity index (χ2v) is 9.39. The molecule has 1 aromatic heterocycles. The fourth-order valence-electron chi connectivity index (χ4n) is 2.54. The lowest BCUT2D eigenvalue weighted by Gasteiger charge is -2.15. The monoisotopic (exact) mass is 412 g/mol. The van der Waals surface area contributed by atoms with Gasteiger partial charge in [-0.25, -0.2) is 8.42 Å². The van der Waals surface area contributed by atoms with Crippen molar-refractivity contribution in [3.63, 3.8) is 0 Å². The number of hydrogen-bond acceptors (Lipinski definition) is 7. The van der Waals surface area contributed by atoms with Crippen molar-refractivity contribution in [1.82, 2.24) is 10.2 Å². The zero-order valence-electron chi connectivity index (χ0n) is 13.6. The minimum absolute atomic E-state index is 0.106. The maximum Gasteiger partial charge on any atom is 0.266 e. The molecule has 1 aromatic rings. The lowest BCUT2D eigenvalue weighted by atomic mass is 10.2. The Bertz CT molecular complexity index is 887. The highest BCUT2D eigenvalue weighted by Crippen LogP contribution is 2.32. The van der Waals surface area contributed by atoms with Crippen LogP contribution in [0.5, 0.6) is 0 Å². The lowest BCUT2D eigenvalue weighted by Crippen LogP contribution is -2.36. The number of furan rings is 1. The first-order valence-electron chi connectivity index (χ1n) is 7.83. The maximum absolute atomic E-state index is 12.4. The summed E-state index contributed by atoms with van der Waals surface area (Å²) in [6.45, 7) is 0.326. The SMILES string of the molecule is O=C(CCCN1C(=O)C(=Cc2ccco2)SC1=S)NC1C=CS(=O)(=O)C1. The quantitative estimate of drug-likeness (QED) is 0.561. The summed E-state index contributed by atoms with van der Waals surface area (Å²) in [5, 5.41) is 3.77. The molecule has 26 heavy (non-hydrogen) atoms. The average molecular weight is 413 g/mol. The zero-order chi connectivity index (χ0) is 18.7. The minimum Gasteiger partial charge on any atom is -0.465 e. The van der Waals surface area contributed by atoms with Gasteiger partial charge >= 0.3 is 0 Å². The molecular weight excluding hydrogens is 396 g/mol. The van der Waals surface area contributed by atoms with E-state index < -0.39 is 15.9 Å². The number of sulfone groups is 1. The van der Waals surface area contributed by atoms with E-state index in [1.54, 1.807) is 18.2 Å². The van der Waals surface area contributed by atoms with Crippen LogP contribution in [0.3, 0.4) is 0 Å². The fourth-order valence-corrected chi connectivity index (χ4v) is 5.06. The predicted octanol–water partition coefficient (Wildman–Crippen LogP) is 1.69. The Morgan fingerprint density at radius 2 is 2.31 bits per heavy atom. The van der Waals surface area contributed by atoms with Crippen LogP contribution in [-0.2, 0) is 19.4 Å². The van der Waals surface area contributed by atoms with Crippen LogP contribution >= 0.6 is 24.0 Å². The molecule has 7 nitrogen and oxygen atoms in total. The average Bonchev–Trinajstić information content (AvgIpc) is 3.25. The number of thioether (sulfide) groups is 1. The highest BCUT2D eigenvalue weighted by Gasteiger charge is 2.32. The van der Waals surface area contributed by atoms with Gasteiger partial charge in [-0.05, 0) is 24.6 Å². The van der Waals surface area contributed by atoms with E-state index in [0.29, 0.717) is 28.0 Å². The Kier molecular flexibility index (Phi) is 5.64. The van der Waals surface area contributed by atoms with Crippen molar-refractivity contribution < 1.29 is 22.4 Å². The molecule has 138 valence electrons. The van der Waals surface area contributed by atoms with Crippen LogP contribution in [0.2, 0.25) is 0 Å². The molecule has 0 aliphatic carbocycles. The van der Waals surface area contributed by atoms with Crippen molar-refractivity contribution in [1.29, 1.82) is 0 Å². The van der Waals surface area contributed by atoms with Gasteiger partial charge in [0.05, 0.1) is 23.0 Å². The third-order valence-electron chi connectivity index (χ3n) is 3.75. The predicted molar refractivity (Wildman–Crippen MR) is 103 cm³/mol. The van der Waals surface area contributed by atoms with E-state index >= 15 is 0 Å². The smallest absolute Gasteiger partial charge is 0.266 e. The molecule has 0 spiro atoms. The number of hydrogen-bond donors (Lipinski definition) is 1. The molecule has 1 fully saturated rings. The van der Waals surface area contributed by atoms with Gasteiger partial charge in [0.15, 0.2) is 9.84 Å². The summed E-state index contributed by atoms with van der Waals surface area (Å²) >= 11 is 6.43. The Balaban J connectivity index is 1.47.